The van der Waals surface area contributed by atoms with Gasteiger partial charge in [-0.1, -0.05) is 6.92 Å². The SMILES string of the molecule is CCOC(=O)c1cc(CC)sc1NC(=O)COC(=O)c1ccc(NC(N)=O)cc1. The maximum atomic E-state index is 12.2. The lowest BCUT2D eigenvalue weighted by Gasteiger charge is -2.08. The second kappa shape index (κ2) is 10.2. The summed E-state index contributed by atoms with van der Waals surface area (Å²) in [5.41, 5.74) is 5.90. The number of nitrogens with two attached hydrogens (primary N) is 1. The monoisotopic (exact) mass is 419 g/mol. The second-order valence-corrected chi connectivity index (χ2v) is 6.86. The van der Waals surface area contributed by atoms with E-state index in [-0.39, 0.29) is 17.7 Å². The van der Waals surface area contributed by atoms with Gasteiger partial charge in [0.1, 0.15) is 5.00 Å². The van der Waals surface area contributed by atoms with Crippen molar-refractivity contribution in [3.63, 3.8) is 0 Å². The molecule has 0 spiro atoms. The topological polar surface area (TPSA) is 137 Å². The fraction of sp³-hybridized carbons (Fsp3) is 0.263. The molecule has 4 N–H and O–H groups in total. The van der Waals surface area contributed by atoms with Gasteiger partial charge in [0, 0.05) is 10.6 Å². The van der Waals surface area contributed by atoms with Crippen LogP contribution in [0, 0.1) is 0 Å². The molecule has 0 bridgehead atoms. The van der Waals surface area contributed by atoms with Crippen molar-refractivity contribution in [1.82, 2.24) is 0 Å². The molecule has 0 aliphatic rings. The number of ether oxygens (including phenoxy) is 2. The zero-order chi connectivity index (χ0) is 21.4. The largest absolute Gasteiger partial charge is 0.462 e. The molecule has 0 radical (unpaired) electrons. The van der Waals surface area contributed by atoms with Crippen molar-refractivity contribution >= 4 is 45.9 Å². The molecule has 154 valence electrons. The highest BCUT2D eigenvalue weighted by Crippen LogP contribution is 2.29. The van der Waals surface area contributed by atoms with E-state index < -0.39 is 30.5 Å². The molecule has 10 heteroatoms. The molecule has 1 aromatic carbocycles. The Morgan fingerprint density at radius 3 is 2.28 bits per heavy atom. The predicted molar refractivity (Wildman–Crippen MR) is 108 cm³/mol. The van der Waals surface area contributed by atoms with E-state index in [1.807, 2.05) is 6.92 Å². The van der Waals surface area contributed by atoms with Crippen molar-refractivity contribution in [3.8, 4) is 0 Å². The molecule has 9 nitrogen and oxygen atoms in total. The van der Waals surface area contributed by atoms with Gasteiger partial charge >= 0.3 is 18.0 Å². The van der Waals surface area contributed by atoms with Gasteiger partial charge in [-0.25, -0.2) is 14.4 Å². The van der Waals surface area contributed by atoms with Crippen LogP contribution in [0.4, 0.5) is 15.5 Å². The first-order valence-corrected chi connectivity index (χ1v) is 9.59. The first-order valence-electron chi connectivity index (χ1n) is 8.77. The van der Waals surface area contributed by atoms with Crippen LogP contribution in [0.15, 0.2) is 30.3 Å². The predicted octanol–water partition coefficient (Wildman–Crippen LogP) is 2.77. The Balaban J connectivity index is 1.96. The normalized spacial score (nSPS) is 10.1. The zero-order valence-electron chi connectivity index (χ0n) is 15.9. The number of anilines is 2. The number of hydrogen-bond donors (Lipinski definition) is 3. The number of carbonyl (C=O) groups excluding carboxylic acids is 4. The fourth-order valence-corrected chi connectivity index (χ4v) is 3.28. The number of esters is 2. The van der Waals surface area contributed by atoms with Gasteiger partial charge in [-0.15, -0.1) is 11.3 Å². The molecule has 1 aromatic heterocycles. The number of urea groups is 1. The zero-order valence-corrected chi connectivity index (χ0v) is 16.8. The van der Waals surface area contributed by atoms with Crippen LogP contribution < -0.4 is 16.4 Å². The lowest BCUT2D eigenvalue weighted by Crippen LogP contribution is -2.21. The summed E-state index contributed by atoms with van der Waals surface area (Å²) in [5, 5.41) is 5.30. The molecule has 1 heterocycles. The molecule has 0 saturated carbocycles. The van der Waals surface area contributed by atoms with E-state index in [9.17, 15) is 19.2 Å². The van der Waals surface area contributed by atoms with E-state index in [1.54, 1.807) is 13.0 Å². The van der Waals surface area contributed by atoms with Gasteiger partial charge in [0.25, 0.3) is 5.91 Å². The van der Waals surface area contributed by atoms with Crippen LogP contribution in [0.25, 0.3) is 0 Å². The Morgan fingerprint density at radius 1 is 1.00 bits per heavy atom. The quantitative estimate of drug-likeness (QED) is 0.563. The molecule has 29 heavy (non-hydrogen) atoms. The highest BCUT2D eigenvalue weighted by atomic mass is 32.1. The Morgan fingerprint density at radius 2 is 1.69 bits per heavy atom. The highest BCUT2D eigenvalue weighted by Gasteiger charge is 2.19. The molecule has 0 aliphatic heterocycles. The lowest BCUT2D eigenvalue weighted by atomic mass is 10.2. The Bertz CT molecular complexity index is 907. The van der Waals surface area contributed by atoms with Crippen LogP contribution in [-0.2, 0) is 20.7 Å². The van der Waals surface area contributed by atoms with Gasteiger partial charge in [0.2, 0.25) is 0 Å². The number of rotatable bonds is 8. The number of hydrogen-bond acceptors (Lipinski definition) is 7. The van der Waals surface area contributed by atoms with Crippen molar-refractivity contribution < 1.29 is 28.7 Å². The Labute approximate surface area is 171 Å². The molecule has 3 amide bonds. The van der Waals surface area contributed by atoms with Crippen LogP contribution in [0.3, 0.4) is 0 Å². The average Bonchev–Trinajstić information content (AvgIpc) is 3.09. The third kappa shape index (κ3) is 6.32. The van der Waals surface area contributed by atoms with Crippen molar-refractivity contribution in [3.05, 3.63) is 46.3 Å². The molecule has 0 saturated heterocycles. The second-order valence-electron chi connectivity index (χ2n) is 5.72. The molecule has 2 rings (SSSR count). The fourth-order valence-electron chi connectivity index (χ4n) is 2.28. The van der Waals surface area contributed by atoms with E-state index in [0.717, 1.165) is 4.88 Å². The molecule has 0 unspecified atom stereocenters. The maximum absolute atomic E-state index is 12.2. The van der Waals surface area contributed by atoms with Crippen LogP contribution in [0.1, 0.15) is 39.4 Å². The number of carbonyl (C=O) groups is 4. The third-order valence-corrected chi connectivity index (χ3v) is 4.80. The van der Waals surface area contributed by atoms with Crippen LogP contribution in [-0.4, -0.2) is 37.1 Å². The van der Waals surface area contributed by atoms with Crippen molar-refractivity contribution in [2.75, 3.05) is 23.8 Å². The van der Waals surface area contributed by atoms with Crippen LogP contribution in [0.5, 0.6) is 0 Å². The lowest BCUT2D eigenvalue weighted by molar-refractivity contribution is -0.119. The van der Waals surface area contributed by atoms with Crippen molar-refractivity contribution in [2.24, 2.45) is 5.73 Å². The van der Waals surface area contributed by atoms with Crippen molar-refractivity contribution in [2.45, 2.75) is 20.3 Å². The van der Waals surface area contributed by atoms with E-state index >= 15 is 0 Å². The number of primary amides is 1. The van der Waals surface area contributed by atoms with Gasteiger partial charge in [0.15, 0.2) is 6.61 Å². The number of benzene rings is 1. The van der Waals surface area contributed by atoms with Gasteiger partial charge in [-0.05, 0) is 43.7 Å². The summed E-state index contributed by atoms with van der Waals surface area (Å²) >= 11 is 1.26. The number of amides is 3. The van der Waals surface area contributed by atoms with Gasteiger partial charge < -0.3 is 25.8 Å². The first-order chi connectivity index (χ1) is 13.8. The van der Waals surface area contributed by atoms with Gasteiger partial charge in [-0.2, -0.15) is 0 Å². The van der Waals surface area contributed by atoms with E-state index in [1.165, 1.54) is 35.6 Å². The smallest absolute Gasteiger partial charge is 0.341 e. The summed E-state index contributed by atoms with van der Waals surface area (Å²) < 4.78 is 9.98. The minimum absolute atomic E-state index is 0.199. The summed E-state index contributed by atoms with van der Waals surface area (Å²) in [5.74, 6) is -1.82. The third-order valence-electron chi connectivity index (χ3n) is 3.60. The standard InChI is InChI=1S/C19H21N3O6S/c1-3-13-9-14(18(25)27-4-2)16(29-13)22-15(23)10-28-17(24)11-5-7-12(8-6-11)21-19(20)26/h5-9H,3-4,10H2,1-2H3,(H,22,23)(H3,20,21,26). The number of thiophene rings is 1. The summed E-state index contributed by atoms with van der Waals surface area (Å²) in [4.78, 5) is 47.9. The molecule has 0 aliphatic carbocycles. The Hall–Kier alpha value is -3.40. The number of nitrogens with one attached hydrogen (secondary N) is 2. The average molecular weight is 419 g/mol. The molecule has 2 aromatic rings. The Kier molecular flexibility index (Phi) is 7.72. The van der Waals surface area contributed by atoms with Gasteiger partial charge in [0.05, 0.1) is 17.7 Å². The van der Waals surface area contributed by atoms with E-state index in [0.29, 0.717) is 17.1 Å². The minimum Gasteiger partial charge on any atom is -0.462 e. The van der Waals surface area contributed by atoms with E-state index in [4.69, 9.17) is 15.2 Å². The summed E-state index contributed by atoms with van der Waals surface area (Å²) in [7, 11) is 0. The summed E-state index contributed by atoms with van der Waals surface area (Å²) in [6, 6.07) is 6.76. The summed E-state index contributed by atoms with van der Waals surface area (Å²) in [6.45, 7) is 3.31. The maximum Gasteiger partial charge on any atom is 0.341 e. The van der Waals surface area contributed by atoms with Gasteiger partial charge in [-0.3, -0.25) is 4.79 Å². The highest BCUT2D eigenvalue weighted by molar-refractivity contribution is 7.16. The van der Waals surface area contributed by atoms with Crippen LogP contribution >= 0.6 is 11.3 Å². The molecular weight excluding hydrogens is 398 g/mol. The molecule has 0 atom stereocenters. The van der Waals surface area contributed by atoms with Crippen LogP contribution in [0.2, 0.25) is 0 Å². The number of aryl methyl sites for hydroxylation is 1. The molecule has 0 fully saturated rings. The molecular formula is C19H21N3O6S. The summed E-state index contributed by atoms with van der Waals surface area (Å²) in [6.07, 6.45) is 0.697. The van der Waals surface area contributed by atoms with E-state index in [2.05, 4.69) is 10.6 Å². The minimum atomic E-state index is -0.723. The van der Waals surface area contributed by atoms with Crippen molar-refractivity contribution in [1.29, 1.82) is 0 Å². The first kappa shape index (κ1) is 21.9.